The zero-order valence-electron chi connectivity index (χ0n) is 26.1. The number of likely N-dealkylation sites (tertiary alicyclic amines) is 1. The average Bonchev–Trinajstić information content (AvgIpc) is 3.44. The molecule has 3 atom stereocenters. The highest BCUT2D eigenvalue weighted by Gasteiger charge is 2.67. The Labute approximate surface area is 275 Å². The first kappa shape index (κ1) is 30.6. The van der Waals surface area contributed by atoms with E-state index in [9.17, 15) is 14.4 Å². The summed E-state index contributed by atoms with van der Waals surface area (Å²) in [5, 5.41) is 11.7. The molecule has 1 aliphatic carbocycles. The lowest BCUT2D eigenvalue weighted by Gasteiger charge is -2.30. The first-order valence-electron chi connectivity index (χ1n) is 15.6. The van der Waals surface area contributed by atoms with E-state index in [-0.39, 0.29) is 35.6 Å². The molecule has 0 radical (unpaired) electrons. The molecule has 0 spiro atoms. The number of hydrogen-bond acceptors (Lipinski definition) is 9. The van der Waals surface area contributed by atoms with Crippen LogP contribution in [0.2, 0.25) is 0 Å². The number of halogens is 1. The van der Waals surface area contributed by atoms with Crippen molar-refractivity contribution < 1.29 is 14.4 Å². The number of anilines is 1. The summed E-state index contributed by atoms with van der Waals surface area (Å²) >= 11 is 3.40. The van der Waals surface area contributed by atoms with E-state index in [1.54, 1.807) is 22.0 Å². The van der Waals surface area contributed by atoms with Gasteiger partial charge in [0.2, 0.25) is 11.8 Å². The zero-order valence-corrected chi connectivity index (χ0v) is 27.7. The van der Waals surface area contributed by atoms with Crippen molar-refractivity contribution in [2.45, 2.75) is 52.2 Å². The van der Waals surface area contributed by atoms with Gasteiger partial charge in [-0.2, -0.15) is 5.10 Å². The minimum absolute atomic E-state index is 0.0376. The van der Waals surface area contributed by atoms with Crippen molar-refractivity contribution in [2.75, 3.05) is 38.0 Å². The van der Waals surface area contributed by atoms with E-state index in [4.69, 9.17) is 0 Å². The molecule has 4 aromatic rings. The highest BCUT2D eigenvalue weighted by Crippen LogP contribution is 2.60. The van der Waals surface area contributed by atoms with Crippen molar-refractivity contribution >= 4 is 50.2 Å². The molecule has 3 aromatic heterocycles. The summed E-state index contributed by atoms with van der Waals surface area (Å²) in [4.78, 5) is 58.1. The zero-order chi connectivity index (χ0) is 32.2. The predicted molar refractivity (Wildman–Crippen MR) is 176 cm³/mol. The van der Waals surface area contributed by atoms with Gasteiger partial charge in [-0.25, -0.2) is 15.0 Å². The quantitative estimate of drug-likeness (QED) is 0.211. The Hall–Kier alpha value is -4.07. The molecular formula is C33H36BrN9O3. The topological polar surface area (TPSA) is 138 Å². The molecule has 5 heterocycles. The number of nitrogens with zero attached hydrogens (tertiary/aromatic N) is 7. The molecule has 2 amide bonds. The molecule has 13 heteroatoms. The summed E-state index contributed by atoms with van der Waals surface area (Å²) < 4.78 is 2.22. The lowest BCUT2D eigenvalue weighted by Crippen LogP contribution is -2.47. The van der Waals surface area contributed by atoms with E-state index in [0.29, 0.717) is 39.3 Å². The maximum atomic E-state index is 14.3. The van der Waals surface area contributed by atoms with Gasteiger partial charge in [-0.3, -0.25) is 19.1 Å². The Balaban J connectivity index is 1.18. The number of pyridine rings is 1. The van der Waals surface area contributed by atoms with E-state index in [1.165, 1.54) is 6.92 Å². The largest absolute Gasteiger partial charge is 0.325 e. The fourth-order valence-electron chi connectivity index (χ4n) is 7.08. The maximum Gasteiger partial charge on any atom is 0.248 e. The Kier molecular flexibility index (Phi) is 7.94. The molecule has 7 rings (SSSR count). The Morgan fingerprint density at radius 3 is 2.54 bits per heavy atom. The first-order chi connectivity index (χ1) is 22.1. The molecule has 238 valence electrons. The summed E-state index contributed by atoms with van der Waals surface area (Å²) in [6.45, 7) is 9.72. The van der Waals surface area contributed by atoms with E-state index >= 15 is 0 Å². The number of hydrogen-bond donors (Lipinski definition) is 2. The number of aromatic nitrogens is 5. The number of fused-ring (bicyclic) bond motifs is 2. The van der Waals surface area contributed by atoms with Crippen LogP contribution in [0.3, 0.4) is 0 Å². The van der Waals surface area contributed by atoms with Gasteiger partial charge in [0.15, 0.2) is 5.78 Å². The number of nitrogens with one attached hydrogen (secondary N) is 2. The Bertz CT molecular complexity index is 1850. The fraction of sp³-hybridized carbons (Fsp3) is 0.424. The summed E-state index contributed by atoms with van der Waals surface area (Å²) in [6, 6.07) is 8.73. The molecule has 2 unspecified atom stereocenters. The van der Waals surface area contributed by atoms with E-state index in [2.05, 4.69) is 51.5 Å². The SMILES string of the molecule is CC(=O)c1nn(CC(=O)N2C3CC3(CN3CCNCC3)C[C@H]2C(=O)Nc2nc(Br)ccc2C)c2ccc(-c3cnc(C)nc3)cc12. The highest BCUT2D eigenvalue weighted by atomic mass is 79.9. The lowest BCUT2D eigenvalue weighted by molar-refractivity contribution is -0.138. The number of carbonyl (C=O) groups excluding carboxylic acids is 3. The number of benzene rings is 1. The van der Waals surface area contributed by atoms with Crippen LogP contribution in [0.5, 0.6) is 0 Å². The molecule has 2 aliphatic heterocycles. The van der Waals surface area contributed by atoms with Crippen molar-refractivity contribution in [3.05, 3.63) is 64.4 Å². The van der Waals surface area contributed by atoms with Crippen LogP contribution in [-0.4, -0.2) is 96.9 Å². The number of aryl methyl sites for hydroxylation is 2. The van der Waals surface area contributed by atoms with Crippen molar-refractivity contribution in [3.8, 4) is 11.1 Å². The number of piperidine rings is 1. The molecule has 0 bridgehead atoms. The van der Waals surface area contributed by atoms with E-state index in [0.717, 1.165) is 55.8 Å². The van der Waals surface area contributed by atoms with Gasteiger partial charge in [0.05, 0.1) is 5.52 Å². The number of rotatable bonds is 8. The summed E-state index contributed by atoms with van der Waals surface area (Å²) in [5.41, 5.74) is 3.35. The molecule has 12 nitrogen and oxygen atoms in total. The van der Waals surface area contributed by atoms with Gasteiger partial charge in [-0.15, -0.1) is 0 Å². The van der Waals surface area contributed by atoms with Crippen molar-refractivity contribution in [1.29, 1.82) is 0 Å². The van der Waals surface area contributed by atoms with Crippen LogP contribution in [0.15, 0.2) is 47.3 Å². The third kappa shape index (κ3) is 5.71. The molecule has 46 heavy (non-hydrogen) atoms. The second-order valence-electron chi connectivity index (χ2n) is 12.7. The van der Waals surface area contributed by atoms with Crippen LogP contribution in [0.25, 0.3) is 22.0 Å². The number of piperazine rings is 1. The summed E-state index contributed by atoms with van der Waals surface area (Å²) in [6.07, 6.45) is 4.95. The third-order valence-corrected chi connectivity index (χ3v) is 9.99. The van der Waals surface area contributed by atoms with Crippen LogP contribution in [0.1, 0.15) is 41.6 Å². The Morgan fingerprint density at radius 2 is 1.80 bits per heavy atom. The molecule has 2 N–H and O–H groups in total. The first-order valence-corrected chi connectivity index (χ1v) is 16.4. The average molecular weight is 687 g/mol. The monoisotopic (exact) mass is 685 g/mol. The molecule has 2 saturated heterocycles. The number of amides is 2. The number of carbonyl (C=O) groups is 3. The van der Waals surface area contributed by atoms with Crippen LogP contribution >= 0.6 is 15.9 Å². The predicted octanol–water partition coefficient (Wildman–Crippen LogP) is 3.37. The molecule has 3 aliphatic rings. The van der Waals surface area contributed by atoms with Crippen molar-refractivity contribution in [1.82, 2.24) is 39.8 Å². The van der Waals surface area contributed by atoms with Crippen LogP contribution < -0.4 is 10.6 Å². The second-order valence-corrected chi connectivity index (χ2v) is 13.5. The smallest absolute Gasteiger partial charge is 0.248 e. The van der Waals surface area contributed by atoms with Crippen molar-refractivity contribution in [3.63, 3.8) is 0 Å². The van der Waals surface area contributed by atoms with Gasteiger partial charge < -0.3 is 20.4 Å². The van der Waals surface area contributed by atoms with Gasteiger partial charge in [0, 0.05) is 74.4 Å². The minimum atomic E-state index is -0.642. The normalized spacial score (nSPS) is 22.6. The number of Topliss-reactive ketones (excluding diaryl/α,β-unsaturated/α-hetero) is 1. The third-order valence-electron chi connectivity index (χ3n) is 9.54. The van der Waals surface area contributed by atoms with Gasteiger partial charge in [-0.05, 0) is 71.9 Å². The highest BCUT2D eigenvalue weighted by molar-refractivity contribution is 9.10. The molecule has 3 fully saturated rings. The van der Waals surface area contributed by atoms with Crippen LogP contribution in [-0.2, 0) is 16.1 Å². The van der Waals surface area contributed by atoms with Gasteiger partial charge in [-0.1, -0.05) is 12.1 Å². The maximum absolute atomic E-state index is 14.3. The standard InChI is InChI=1S/C33H36BrN9O3/c1-19-4-7-28(34)38-31(19)39-32(46)26-13-33(18-41-10-8-35-9-11-41)14-27(33)43(26)29(45)17-42-25-6-5-22(23-15-36-21(3)37-16-23)12-24(25)30(40-42)20(2)44/h4-7,12,15-16,26-27,35H,8-11,13-14,17-18H2,1-3H3,(H,38,39,46)/t26-,27?,33?/m0/s1. The van der Waals surface area contributed by atoms with Crippen LogP contribution in [0, 0.1) is 19.3 Å². The van der Waals surface area contributed by atoms with Crippen LogP contribution in [0.4, 0.5) is 5.82 Å². The lowest BCUT2D eigenvalue weighted by atomic mass is 9.98. The summed E-state index contributed by atoms with van der Waals surface area (Å²) in [5.74, 6) is 0.515. The number of ketones is 1. The molecule has 1 saturated carbocycles. The minimum Gasteiger partial charge on any atom is -0.325 e. The second kappa shape index (κ2) is 11.9. The fourth-order valence-corrected chi connectivity index (χ4v) is 7.39. The Morgan fingerprint density at radius 1 is 1.04 bits per heavy atom. The van der Waals surface area contributed by atoms with Gasteiger partial charge in [0.25, 0.3) is 0 Å². The molecular weight excluding hydrogens is 650 g/mol. The van der Waals surface area contributed by atoms with E-state index < -0.39 is 6.04 Å². The van der Waals surface area contributed by atoms with Gasteiger partial charge >= 0.3 is 0 Å². The molecule has 1 aromatic carbocycles. The summed E-state index contributed by atoms with van der Waals surface area (Å²) in [7, 11) is 0. The van der Waals surface area contributed by atoms with Gasteiger partial charge in [0.1, 0.15) is 34.5 Å². The van der Waals surface area contributed by atoms with E-state index in [1.807, 2.05) is 44.2 Å². The van der Waals surface area contributed by atoms with Crippen molar-refractivity contribution in [2.24, 2.45) is 5.41 Å².